The van der Waals surface area contributed by atoms with Gasteiger partial charge in [-0.3, -0.25) is 4.79 Å². The molecular weight excluding hydrogens is 204 g/mol. The quantitative estimate of drug-likeness (QED) is 0.738. The van der Waals surface area contributed by atoms with Gasteiger partial charge in [0.2, 0.25) is 5.91 Å². The van der Waals surface area contributed by atoms with Crippen molar-refractivity contribution >= 4 is 5.91 Å². The van der Waals surface area contributed by atoms with Crippen molar-refractivity contribution in [3.8, 4) is 0 Å². The first-order chi connectivity index (χ1) is 7.65. The summed E-state index contributed by atoms with van der Waals surface area (Å²) in [6.45, 7) is 9.01. The number of rotatable bonds is 6. The molecule has 16 heavy (non-hydrogen) atoms. The van der Waals surface area contributed by atoms with Gasteiger partial charge in [-0.2, -0.15) is 0 Å². The zero-order valence-electron chi connectivity index (χ0n) is 10.7. The largest absolute Gasteiger partial charge is 0.369 e. The number of carbonyl (C=O) groups excluding carboxylic acids is 1. The molecule has 1 unspecified atom stereocenters. The summed E-state index contributed by atoms with van der Waals surface area (Å²) >= 11 is 0. The fourth-order valence-corrected chi connectivity index (χ4v) is 1.98. The molecule has 1 aliphatic heterocycles. The zero-order valence-corrected chi connectivity index (χ0v) is 10.7. The number of nitrogens with one attached hydrogen (secondary N) is 1. The lowest BCUT2D eigenvalue weighted by Gasteiger charge is -2.28. The highest BCUT2D eigenvalue weighted by atomic mass is 16.5. The first-order valence-corrected chi connectivity index (χ1v) is 6.27. The molecule has 1 heterocycles. The summed E-state index contributed by atoms with van der Waals surface area (Å²) in [5.41, 5.74) is 0. The number of hydrogen-bond donors (Lipinski definition) is 1. The number of amides is 1. The molecule has 1 atom stereocenters. The van der Waals surface area contributed by atoms with E-state index in [2.05, 4.69) is 12.2 Å². The van der Waals surface area contributed by atoms with Crippen molar-refractivity contribution in [2.45, 2.75) is 45.8 Å². The van der Waals surface area contributed by atoms with E-state index in [0.29, 0.717) is 6.04 Å². The Morgan fingerprint density at radius 2 is 2.31 bits per heavy atom. The van der Waals surface area contributed by atoms with Crippen LogP contribution in [0.3, 0.4) is 0 Å². The first-order valence-electron chi connectivity index (χ1n) is 6.27. The monoisotopic (exact) mass is 228 g/mol. The summed E-state index contributed by atoms with van der Waals surface area (Å²) in [6, 6.07) is 0.364. The van der Waals surface area contributed by atoms with Crippen molar-refractivity contribution in [2.75, 3.05) is 26.2 Å². The van der Waals surface area contributed by atoms with Gasteiger partial charge in [-0.1, -0.05) is 6.92 Å². The van der Waals surface area contributed by atoms with Gasteiger partial charge in [0, 0.05) is 19.1 Å². The molecule has 0 aromatic heterocycles. The van der Waals surface area contributed by atoms with E-state index in [1.807, 2.05) is 18.7 Å². The predicted octanol–water partition coefficient (Wildman–Crippen LogP) is 1.01. The summed E-state index contributed by atoms with van der Waals surface area (Å²) in [7, 11) is 0. The molecule has 0 aromatic rings. The van der Waals surface area contributed by atoms with Crippen LogP contribution in [0.1, 0.15) is 33.6 Å². The van der Waals surface area contributed by atoms with Crippen LogP contribution >= 0.6 is 0 Å². The highest BCUT2D eigenvalue weighted by Crippen LogP contribution is 2.10. The molecule has 1 rings (SSSR count). The minimum absolute atomic E-state index is 0.120. The van der Waals surface area contributed by atoms with Crippen molar-refractivity contribution < 1.29 is 9.53 Å². The maximum absolute atomic E-state index is 12.0. The van der Waals surface area contributed by atoms with Gasteiger partial charge >= 0.3 is 0 Å². The van der Waals surface area contributed by atoms with Gasteiger partial charge < -0.3 is 15.0 Å². The van der Waals surface area contributed by atoms with Crippen LogP contribution in [0.25, 0.3) is 0 Å². The number of hydrogen-bond acceptors (Lipinski definition) is 3. The predicted molar refractivity (Wildman–Crippen MR) is 64.4 cm³/mol. The van der Waals surface area contributed by atoms with Crippen LogP contribution in [0, 0.1) is 0 Å². The Kier molecular flexibility index (Phi) is 5.77. The average molecular weight is 228 g/mol. The van der Waals surface area contributed by atoms with Crippen LogP contribution < -0.4 is 5.32 Å². The molecule has 0 spiro atoms. The van der Waals surface area contributed by atoms with Crippen LogP contribution in [0.15, 0.2) is 0 Å². The third kappa shape index (κ3) is 4.10. The van der Waals surface area contributed by atoms with Crippen LogP contribution in [0.5, 0.6) is 0 Å². The number of carbonyl (C=O) groups is 1. The molecule has 1 saturated heterocycles. The third-order valence-corrected chi connectivity index (χ3v) is 2.80. The van der Waals surface area contributed by atoms with Gasteiger partial charge in [0.1, 0.15) is 6.61 Å². The van der Waals surface area contributed by atoms with Crippen LogP contribution in [-0.4, -0.2) is 49.2 Å². The maximum atomic E-state index is 12.0. The van der Waals surface area contributed by atoms with Crippen LogP contribution in [0.4, 0.5) is 0 Å². The molecular formula is C12H24N2O2. The molecule has 0 aliphatic carbocycles. The molecule has 1 aliphatic rings. The van der Waals surface area contributed by atoms with Crippen molar-refractivity contribution in [3.05, 3.63) is 0 Å². The fraction of sp³-hybridized carbons (Fsp3) is 0.917. The Bertz CT molecular complexity index is 213. The molecule has 0 saturated carbocycles. The van der Waals surface area contributed by atoms with E-state index in [1.165, 1.54) is 0 Å². The molecule has 94 valence electrons. The van der Waals surface area contributed by atoms with E-state index < -0.39 is 0 Å². The smallest absolute Gasteiger partial charge is 0.248 e. The van der Waals surface area contributed by atoms with E-state index in [1.54, 1.807) is 0 Å². The second-order valence-electron chi connectivity index (χ2n) is 4.59. The van der Waals surface area contributed by atoms with Crippen molar-refractivity contribution in [2.24, 2.45) is 0 Å². The molecule has 1 fully saturated rings. The normalized spacial score (nSPS) is 20.4. The first kappa shape index (κ1) is 13.5. The second kappa shape index (κ2) is 6.86. The highest BCUT2D eigenvalue weighted by molar-refractivity contribution is 5.77. The average Bonchev–Trinajstić information content (AvgIpc) is 2.75. The summed E-state index contributed by atoms with van der Waals surface area (Å²) < 4.78 is 5.38. The van der Waals surface area contributed by atoms with Gasteiger partial charge in [0.15, 0.2) is 0 Å². The standard InChI is InChI=1S/C12H24N2O2/c1-4-7-14(11-5-6-13-8-11)12(15)9-16-10(2)3/h10-11,13H,4-9H2,1-3H3. The summed E-state index contributed by atoms with van der Waals surface area (Å²) in [5.74, 6) is 0.129. The van der Waals surface area contributed by atoms with Crippen LogP contribution in [-0.2, 0) is 9.53 Å². The third-order valence-electron chi connectivity index (χ3n) is 2.80. The second-order valence-corrected chi connectivity index (χ2v) is 4.59. The SMILES string of the molecule is CCCN(C(=O)COC(C)C)C1CCNC1. The molecule has 0 bridgehead atoms. The molecule has 4 heteroatoms. The Hall–Kier alpha value is -0.610. The Morgan fingerprint density at radius 1 is 1.56 bits per heavy atom. The Morgan fingerprint density at radius 3 is 2.81 bits per heavy atom. The Balaban J connectivity index is 2.44. The van der Waals surface area contributed by atoms with Crippen molar-refractivity contribution in [3.63, 3.8) is 0 Å². The van der Waals surface area contributed by atoms with E-state index in [4.69, 9.17) is 4.74 Å². The zero-order chi connectivity index (χ0) is 12.0. The minimum Gasteiger partial charge on any atom is -0.369 e. The lowest BCUT2D eigenvalue weighted by Crippen LogP contribution is -2.44. The molecule has 1 N–H and O–H groups in total. The maximum Gasteiger partial charge on any atom is 0.248 e. The number of ether oxygens (including phenoxy) is 1. The van der Waals surface area contributed by atoms with E-state index >= 15 is 0 Å². The summed E-state index contributed by atoms with van der Waals surface area (Å²) in [5, 5.41) is 3.30. The van der Waals surface area contributed by atoms with Gasteiger partial charge in [-0.15, -0.1) is 0 Å². The minimum atomic E-state index is 0.120. The highest BCUT2D eigenvalue weighted by Gasteiger charge is 2.25. The van der Waals surface area contributed by atoms with Crippen molar-refractivity contribution in [1.82, 2.24) is 10.2 Å². The summed E-state index contributed by atoms with van der Waals surface area (Å²) in [4.78, 5) is 14.0. The van der Waals surface area contributed by atoms with Gasteiger partial charge in [-0.05, 0) is 33.2 Å². The lowest BCUT2D eigenvalue weighted by atomic mass is 10.2. The van der Waals surface area contributed by atoms with E-state index in [-0.39, 0.29) is 18.6 Å². The van der Waals surface area contributed by atoms with Gasteiger partial charge in [0.05, 0.1) is 6.10 Å². The van der Waals surface area contributed by atoms with Gasteiger partial charge in [-0.25, -0.2) is 0 Å². The molecule has 1 amide bonds. The molecule has 4 nitrogen and oxygen atoms in total. The Labute approximate surface area is 98.3 Å². The van der Waals surface area contributed by atoms with Crippen molar-refractivity contribution in [1.29, 1.82) is 0 Å². The lowest BCUT2D eigenvalue weighted by molar-refractivity contribution is -0.139. The molecule has 0 aromatic carbocycles. The topological polar surface area (TPSA) is 41.6 Å². The van der Waals surface area contributed by atoms with Gasteiger partial charge in [0.25, 0.3) is 0 Å². The summed E-state index contributed by atoms with van der Waals surface area (Å²) in [6.07, 6.45) is 2.19. The fourth-order valence-electron chi connectivity index (χ4n) is 1.98. The number of nitrogens with zero attached hydrogens (tertiary/aromatic N) is 1. The van der Waals surface area contributed by atoms with E-state index in [0.717, 1.165) is 32.5 Å². The van der Waals surface area contributed by atoms with E-state index in [9.17, 15) is 4.79 Å². The van der Waals surface area contributed by atoms with Crippen LogP contribution in [0.2, 0.25) is 0 Å². The molecule has 0 radical (unpaired) electrons.